The van der Waals surface area contributed by atoms with E-state index in [1.54, 1.807) is 5.38 Å². The number of aromatic nitrogens is 2. The topological polar surface area (TPSA) is 68.9 Å². The van der Waals surface area contributed by atoms with E-state index in [-0.39, 0.29) is 16.5 Å². The smallest absolute Gasteiger partial charge is 0.258 e. The Bertz CT molecular complexity index is 560. The van der Waals surface area contributed by atoms with Crippen LogP contribution in [0.25, 0.3) is 11.3 Å². The average Bonchev–Trinajstić information content (AvgIpc) is 2.63. The third kappa shape index (κ3) is 1.93. The molecule has 0 saturated carbocycles. The molecule has 0 spiro atoms. The Balaban J connectivity index is 2.70. The lowest BCUT2D eigenvalue weighted by atomic mass is 10.2. The molecule has 0 saturated heterocycles. The summed E-state index contributed by atoms with van der Waals surface area (Å²) in [5.74, 6) is 0. The van der Waals surface area contributed by atoms with E-state index in [9.17, 15) is 10.1 Å². The first-order valence-electron chi connectivity index (χ1n) is 3.98. The predicted molar refractivity (Wildman–Crippen MR) is 64.7 cm³/mol. The van der Waals surface area contributed by atoms with Gasteiger partial charge in [-0.3, -0.25) is 10.1 Å². The number of thiophene rings is 1. The Morgan fingerprint density at radius 1 is 1.44 bits per heavy atom. The van der Waals surface area contributed by atoms with Crippen LogP contribution in [0.3, 0.4) is 0 Å². The van der Waals surface area contributed by atoms with Gasteiger partial charge in [0.1, 0.15) is 6.33 Å². The number of hydrogen-bond acceptors (Lipinski definition) is 5. The van der Waals surface area contributed by atoms with Crippen molar-refractivity contribution in [3.8, 4) is 11.3 Å². The number of nitrogens with zero attached hydrogens (tertiary/aromatic N) is 3. The first kappa shape index (κ1) is 11.4. The highest BCUT2D eigenvalue weighted by Crippen LogP contribution is 2.37. The van der Waals surface area contributed by atoms with Gasteiger partial charge >= 0.3 is 5.69 Å². The molecule has 0 unspecified atom stereocenters. The van der Waals surface area contributed by atoms with Gasteiger partial charge in [0.2, 0.25) is 5.15 Å². The summed E-state index contributed by atoms with van der Waals surface area (Å²) in [6, 6.07) is 0. The molecule has 8 heteroatoms. The first-order valence-corrected chi connectivity index (χ1v) is 6.09. The molecule has 0 amide bonds. The van der Waals surface area contributed by atoms with Crippen molar-refractivity contribution in [1.29, 1.82) is 0 Å². The summed E-state index contributed by atoms with van der Waals surface area (Å²) in [6.45, 7) is 0. The Hall–Kier alpha value is -1.05. The molecule has 82 valence electrons. The zero-order chi connectivity index (χ0) is 11.7. The zero-order valence-corrected chi connectivity index (χ0v) is 10.7. The molecule has 0 bridgehead atoms. The van der Waals surface area contributed by atoms with Gasteiger partial charge in [0.15, 0.2) is 5.69 Å². The largest absolute Gasteiger partial charge is 0.332 e. The van der Waals surface area contributed by atoms with Crippen LogP contribution < -0.4 is 0 Å². The highest BCUT2D eigenvalue weighted by molar-refractivity contribution is 9.10. The van der Waals surface area contributed by atoms with Gasteiger partial charge in [-0.25, -0.2) is 9.97 Å². The standard InChI is InChI=1S/C8H3BrClN3O2S/c9-5-2-16-1-4(5)6-7(13(14)15)8(10)12-3-11-6/h1-3H. The van der Waals surface area contributed by atoms with Gasteiger partial charge in [0, 0.05) is 20.8 Å². The van der Waals surface area contributed by atoms with Gasteiger partial charge in [-0.2, -0.15) is 11.3 Å². The van der Waals surface area contributed by atoms with Crippen LogP contribution in [0.4, 0.5) is 5.69 Å². The van der Waals surface area contributed by atoms with E-state index in [4.69, 9.17) is 11.6 Å². The zero-order valence-electron chi connectivity index (χ0n) is 7.55. The van der Waals surface area contributed by atoms with Crippen LogP contribution in [0.2, 0.25) is 5.15 Å². The van der Waals surface area contributed by atoms with Crippen molar-refractivity contribution in [3.05, 3.63) is 36.8 Å². The van der Waals surface area contributed by atoms with Crippen molar-refractivity contribution in [2.75, 3.05) is 0 Å². The molecule has 0 fully saturated rings. The average molecular weight is 321 g/mol. The maximum atomic E-state index is 10.9. The molecule has 0 radical (unpaired) electrons. The van der Waals surface area contributed by atoms with Crippen LogP contribution in [0.5, 0.6) is 0 Å². The van der Waals surface area contributed by atoms with E-state index in [1.165, 1.54) is 17.7 Å². The molecule has 2 rings (SSSR count). The molecule has 2 aromatic heterocycles. The van der Waals surface area contributed by atoms with Crippen LogP contribution >= 0.6 is 38.9 Å². The van der Waals surface area contributed by atoms with E-state index >= 15 is 0 Å². The molecular weight excluding hydrogens is 318 g/mol. The van der Waals surface area contributed by atoms with Gasteiger partial charge in [-0.05, 0) is 15.9 Å². The summed E-state index contributed by atoms with van der Waals surface area (Å²) in [4.78, 5) is 17.8. The summed E-state index contributed by atoms with van der Waals surface area (Å²) in [7, 11) is 0. The molecule has 0 aliphatic heterocycles. The molecule has 5 nitrogen and oxygen atoms in total. The monoisotopic (exact) mass is 319 g/mol. The Kier molecular flexibility index (Phi) is 3.17. The lowest BCUT2D eigenvalue weighted by Crippen LogP contribution is -1.97. The molecule has 2 aromatic rings. The predicted octanol–water partition coefficient (Wildman–Crippen LogP) is 3.53. The van der Waals surface area contributed by atoms with Crippen molar-refractivity contribution in [2.24, 2.45) is 0 Å². The summed E-state index contributed by atoms with van der Waals surface area (Å²) in [6.07, 6.45) is 1.20. The van der Waals surface area contributed by atoms with Crippen LogP contribution in [-0.4, -0.2) is 14.9 Å². The third-order valence-corrected chi connectivity index (χ3v) is 3.81. The minimum atomic E-state index is -0.582. The normalized spacial score (nSPS) is 10.4. The maximum Gasteiger partial charge on any atom is 0.332 e. The molecular formula is C8H3BrClN3O2S. The minimum Gasteiger partial charge on any atom is -0.258 e. The number of nitro groups is 1. The SMILES string of the molecule is O=[N+]([O-])c1c(Cl)ncnc1-c1cscc1Br. The summed E-state index contributed by atoms with van der Waals surface area (Å²) in [5.41, 5.74) is 0.586. The highest BCUT2D eigenvalue weighted by Gasteiger charge is 2.24. The second-order valence-electron chi connectivity index (χ2n) is 2.75. The molecule has 2 heterocycles. The second-order valence-corrected chi connectivity index (χ2v) is 4.71. The molecule has 0 N–H and O–H groups in total. The van der Waals surface area contributed by atoms with Crippen molar-refractivity contribution in [2.45, 2.75) is 0 Å². The van der Waals surface area contributed by atoms with Crippen LogP contribution in [0, 0.1) is 10.1 Å². The van der Waals surface area contributed by atoms with Crippen LogP contribution in [0.1, 0.15) is 0 Å². The quantitative estimate of drug-likeness (QED) is 0.482. The van der Waals surface area contributed by atoms with Gasteiger partial charge in [0.25, 0.3) is 0 Å². The van der Waals surface area contributed by atoms with Crippen molar-refractivity contribution >= 4 is 44.6 Å². The molecule has 16 heavy (non-hydrogen) atoms. The van der Waals surface area contributed by atoms with Gasteiger partial charge in [-0.15, -0.1) is 0 Å². The fourth-order valence-electron chi connectivity index (χ4n) is 1.17. The molecule has 0 atom stereocenters. The van der Waals surface area contributed by atoms with E-state index in [0.717, 1.165) is 4.47 Å². The Morgan fingerprint density at radius 3 is 2.75 bits per heavy atom. The van der Waals surface area contributed by atoms with Crippen molar-refractivity contribution < 1.29 is 4.92 Å². The Labute approximate surface area is 107 Å². The van der Waals surface area contributed by atoms with E-state index < -0.39 is 4.92 Å². The molecule has 0 aromatic carbocycles. The fraction of sp³-hybridized carbons (Fsp3) is 0. The van der Waals surface area contributed by atoms with Crippen LogP contribution in [0.15, 0.2) is 21.6 Å². The van der Waals surface area contributed by atoms with Gasteiger partial charge in [0.05, 0.1) is 4.92 Å². The number of hydrogen-bond donors (Lipinski definition) is 0. The first-order chi connectivity index (χ1) is 7.61. The van der Waals surface area contributed by atoms with Gasteiger partial charge in [-0.1, -0.05) is 11.6 Å². The summed E-state index contributed by atoms with van der Waals surface area (Å²) < 4.78 is 0.746. The van der Waals surface area contributed by atoms with Crippen LogP contribution in [-0.2, 0) is 0 Å². The number of halogens is 2. The van der Waals surface area contributed by atoms with E-state index in [2.05, 4.69) is 25.9 Å². The number of rotatable bonds is 2. The maximum absolute atomic E-state index is 10.9. The minimum absolute atomic E-state index is 0.159. The second kappa shape index (κ2) is 4.44. The van der Waals surface area contributed by atoms with Gasteiger partial charge < -0.3 is 0 Å². The lowest BCUT2D eigenvalue weighted by Gasteiger charge is -2.01. The Morgan fingerprint density at radius 2 is 2.19 bits per heavy atom. The fourth-order valence-corrected chi connectivity index (χ4v) is 2.84. The molecule has 0 aliphatic carbocycles. The molecule has 0 aliphatic rings. The van der Waals surface area contributed by atoms with E-state index in [0.29, 0.717) is 5.56 Å². The van der Waals surface area contributed by atoms with Crippen molar-refractivity contribution in [1.82, 2.24) is 9.97 Å². The summed E-state index contributed by atoms with van der Waals surface area (Å²) in [5, 5.41) is 14.3. The highest BCUT2D eigenvalue weighted by atomic mass is 79.9. The summed E-state index contributed by atoms with van der Waals surface area (Å²) >= 11 is 10.4. The third-order valence-electron chi connectivity index (χ3n) is 1.83. The van der Waals surface area contributed by atoms with E-state index in [1.807, 2.05) is 5.38 Å². The van der Waals surface area contributed by atoms with Crippen molar-refractivity contribution in [3.63, 3.8) is 0 Å². The lowest BCUT2D eigenvalue weighted by molar-refractivity contribution is -0.384.